The zero-order valence-electron chi connectivity index (χ0n) is 8.44. The summed E-state index contributed by atoms with van der Waals surface area (Å²) in [6.07, 6.45) is 1.75. The molecule has 0 amide bonds. The van der Waals surface area contributed by atoms with E-state index in [1.54, 1.807) is 6.20 Å². The van der Waals surface area contributed by atoms with E-state index in [0.717, 1.165) is 23.5 Å². The van der Waals surface area contributed by atoms with E-state index in [1.807, 2.05) is 19.1 Å². The quantitative estimate of drug-likeness (QED) is 0.780. The summed E-state index contributed by atoms with van der Waals surface area (Å²) in [6, 6.07) is 3.88. The van der Waals surface area contributed by atoms with Gasteiger partial charge in [-0.25, -0.2) is 9.97 Å². The monoisotopic (exact) mass is 190 g/mol. The summed E-state index contributed by atoms with van der Waals surface area (Å²) in [6.45, 7) is 4.90. The van der Waals surface area contributed by atoms with Crippen molar-refractivity contribution in [3.8, 4) is 0 Å². The lowest BCUT2D eigenvalue weighted by Crippen LogP contribution is -2.12. The van der Waals surface area contributed by atoms with Gasteiger partial charge in [-0.1, -0.05) is 0 Å². The van der Waals surface area contributed by atoms with Crippen molar-refractivity contribution < 1.29 is 0 Å². The lowest BCUT2D eigenvalue weighted by Gasteiger charge is -2.07. The molecule has 0 aromatic carbocycles. The molecule has 2 N–H and O–H groups in total. The first-order valence-electron chi connectivity index (χ1n) is 4.80. The lowest BCUT2D eigenvalue weighted by atomic mass is 10.3. The fraction of sp³-hybridized carbons (Fsp3) is 0.400. The predicted octanol–water partition coefficient (Wildman–Crippen LogP) is 1.47. The fourth-order valence-electron chi connectivity index (χ4n) is 1.66. The van der Waals surface area contributed by atoms with Gasteiger partial charge < -0.3 is 10.3 Å². The van der Waals surface area contributed by atoms with E-state index in [0.29, 0.717) is 0 Å². The van der Waals surface area contributed by atoms with Crippen LogP contribution in [0.15, 0.2) is 18.3 Å². The SMILES string of the molecule is CCn1c(C(C)N)nc2ncccc21. The molecule has 4 nitrogen and oxygen atoms in total. The molecular weight excluding hydrogens is 176 g/mol. The van der Waals surface area contributed by atoms with Crippen LogP contribution in [0, 0.1) is 0 Å². The second-order valence-corrected chi connectivity index (χ2v) is 3.35. The molecule has 0 aliphatic heterocycles. The average molecular weight is 190 g/mol. The molecule has 2 rings (SSSR count). The Morgan fingerprint density at radius 1 is 1.57 bits per heavy atom. The highest BCUT2D eigenvalue weighted by molar-refractivity contribution is 5.71. The average Bonchev–Trinajstić information content (AvgIpc) is 2.56. The summed E-state index contributed by atoms with van der Waals surface area (Å²) in [5.41, 5.74) is 7.68. The van der Waals surface area contributed by atoms with Gasteiger partial charge in [0.1, 0.15) is 5.82 Å². The van der Waals surface area contributed by atoms with Crippen LogP contribution in [0.2, 0.25) is 0 Å². The molecule has 0 fully saturated rings. The van der Waals surface area contributed by atoms with E-state index in [4.69, 9.17) is 5.73 Å². The number of rotatable bonds is 2. The largest absolute Gasteiger partial charge is 0.326 e. The van der Waals surface area contributed by atoms with E-state index < -0.39 is 0 Å². The summed E-state index contributed by atoms with van der Waals surface area (Å²) in [5.74, 6) is 0.904. The zero-order valence-corrected chi connectivity index (χ0v) is 8.44. The summed E-state index contributed by atoms with van der Waals surface area (Å²) in [7, 11) is 0. The number of nitrogens with two attached hydrogens (primary N) is 1. The Bertz CT molecular complexity index is 444. The van der Waals surface area contributed by atoms with Crippen LogP contribution in [0.3, 0.4) is 0 Å². The molecule has 0 spiro atoms. The summed E-state index contributed by atoms with van der Waals surface area (Å²) in [5, 5.41) is 0. The van der Waals surface area contributed by atoms with E-state index >= 15 is 0 Å². The van der Waals surface area contributed by atoms with Crippen LogP contribution >= 0.6 is 0 Å². The Labute approximate surface area is 82.8 Å². The van der Waals surface area contributed by atoms with Gasteiger partial charge in [0.15, 0.2) is 5.65 Å². The third-order valence-corrected chi connectivity index (χ3v) is 2.28. The second-order valence-electron chi connectivity index (χ2n) is 3.35. The third-order valence-electron chi connectivity index (χ3n) is 2.28. The predicted molar refractivity (Wildman–Crippen MR) is 55.8 cm³/mol. The molecule has 0 aliphatic carbocycles. The highest BCUT2D eigenvalue weighted by atomic mass is 15.1. The number of nitrogens with zero attached hydrogens (tertiary/aromatic N) is 3. The molecule has 2 aromatic heterocycles. The van der Waals surface area contributed by atoms with Gasteiger partial charge in [-0.15, -0.1) is 0 Å². The maximum atomic E-state index is 5.84. The van der Waals surface area contributed by atoms with Gasteiger partial charge in [-0.3, -0.25) is 0 Å². The Kier molecular flexibility index (Phi) is 2.21. The molecule has 4 heteroatoms. The minimum absolute atomic E-state index is 0.0517. The maximum absolute atomic E-state index is 5.84. The second kappa shape index (κ2) is 3.38. The Morgan fingerprint density at radius 3 is 3.00 bits per heavy atom. The Hall–Kier alpha value is -1.42. The van der Waals surface area contributed by atoms with Crippen molar-refractivity contribution in [2.75, 3.05) is 0 Å². The fourth-order valence-corrected chi connectivity index (χ4v) is 1.66. The number of hydrogen-bond acceptors (Lipinski definition) is 3. The number of aromatic nitrogens is 3. The molecule has 0 bridgehead atoms. The van der Waals surface area contributed by atoms with Crippen LogP contribution in [0.5, 0.6) is 0 Å². The zero-order chi connectivity index (χ0) is 10.1. The third kappa shape index (κ3) is 1.28. The van der Waals surface area contributed by atoms with Gasteiger partial charge in [-0.2, -0.15) is 0 Å². The van der Waals surface area contributed by atoms with E-state index in [1.165, 1.54) is 0 Å². The first kappa shape index (κ1) is 9.15. The van der Waals surface area contributed by atoms with Gasteiger partial charge in [-0.05, 0) is 26.0 Å². The Morgan fingerprint density at radius 2 is 2.36 bits per heavy atom. The van der Waals surface area contributed by atoms with Crippen LogP contribution in [0.4, 0.5) is 0 Å². The Balaban J connectivity index is 2.72. The summed E-state index contributed by atoms with van der Waals surface area (Å²) >= 11 is 0. The molecule has 0 saturated carbocycles. The number of aryl methyl sites for hydroxylation is 1. The van der Waals surface area contributed by atoms with Crippen molar-refractivity contribution in [1.29, 1.82) is 0 Å². The maximum Gasteiger partial charge on any atom is 0.177 e. The van der Waals surface area contributed by atoms with Gasteiger partial charge in [0.05, 0.1) is 11.6 Å². The molecule has 2 aromatic rings. The van der Waals surface area contributed by atoms with Crippen molar-refractivity contribution in [1.82, 2.24) is 14.5 Å². The number of imidazole rings is 1. The van der Waals surface area contributed by atoms with Crippen LogP contribution in [0.25, 0.3) is 11.2 Å². The van der Waals surface area contributed by atoms with Gasteiger partial charge in [0.25, 0.3) is 0 Å². The minimum atomic E-state index is -0.0517. The lowest BCUT2D eigenvalue weighted by molar-refractivity contribution is 0.650. The topological polar surface area (TPSA) is 56.7 Å². The highest BCUT2D eigenvalue weighted by Crippen LogP contribution is 2.17. The molecule has 74 valence electrons. The standard InChI is InChI=1S/C10H14N4/c1-3-14-8-5-4-6-12-9(8)13-10(14)7(2)11/h4-7H,3,11H2,1-2H3. The van der Waals surface area contributed by atoms with Crippen molar-refractivity contribution in [2.45, 2.75) is 26.4 Å². The van der Waals surface area contributed by atoms with Crippen molar-refractivity contribution in [3.63, 3.8) is 0 Å². The van der Waals surface area contributed by atoms with Crippen LogP contribution < -0.4 is 5.73 Å². The molecule has 14 heavy (non-hydrogen) atoms. The first-order valence-corrected chi connectivity index (χ1v) is 4.80. The molecule has 0 radical (unpaired) electrons. The smallest absolute Gasteiger partial charge is 0.177 e. The highest BCUT2D eigenvalue weighted by Gasteiger charge is 2.12. The van der Waals surface area contributed by atoms with Crippen molar-refractivity contribution in [3.05, 3.63) is 24.2 Å². The molecular formula is C10H14N4. The number of hydrogen-bond donors (Lipinski definition) is 1. The van der Waals surface area contributed by atoms with Gasteiger partial charge >= 0.3 is 0 Å². The molecule has 1 unspecified atom stereocenters. The normalized spacial score (nSPS) is 13.4. The first-order chi connectivity index (χ1) is 6.74. The van der Waals surface area contributed by atoms with Gasteiger partial charge in [0.2, 0.25) is 0 Å². The number of fused-ring (bicyclic) bond motifs is 1. The van der Waals surface area contributed by atoms with Crippen molar-refractivity contribution in [2.24, 2.45) is 5.73 Å². The summed E-state index contributed by atoms with van der Waals surface area (Å²) in [4.78, 5) is 8.62. The van der Waals surface area contributed by atoms with E-state index in [9.17, 15) is 0 Å². The van der Waals surface area contributed by atoms with Gasteiger partial charge in [0, 0.05) is 12.7 Å². The summed E-state index contributed by atoms with van der Waals surface area (Å²) < 4.78 is 2.10. The molecule has 2 heterocycles. The van der Waals surface area contributed by atoms with E-state index in [-0.39, 0.29) is 6.04 Å². The molecule has 0 saturated heterocycles. The molecule has 1 atom stereocenters. The van der Waals surface area contributed by atoms with Crippen LogP contribution in [-0.4, -0.2) is 14.5 Å². The minimum Gasteiger partial charge on any atom is -0.326 e. The van der Waals surface area contributed by atoms with Crippen molar-refractivity contribution >= 4 is 11.2 Å². The van der Waals surface area contributed by atoms with E-state index in [2.05, 4.69) is 21.5 Å². The van der Waals surface area contributed by atoms with Crippen LogP contribution in [0.1, 0.15) is 25.7 Å². The number of pyridine rings is 1. The molecule has 0 aliphatic rings. The van der Waals surface area contributed by atoms with Crippen LogP contribution in [-0.2, 0) is 6.54 Å².